The summed E-state index contributed by atoms with van der Waals surface area (Å²) in [5.41, 5.74) is 2.55. The summed E-state index contributed by atoms with van der Waals surface area (Å²) >= 11 is 1.62. The monoisotopic (exact) mass is 344 g/mol. The Kier molecular flexibility index (Phi) is 4.80. The Balaban J connectivity index is 1.74. The highest BCUT2D eigenvalue weighted by Crippen LogP contribution is 2.22. The van der Waals surface area contributed by atoms with Crippen molar-refractivity contribution in [1.82, 2.24) is 20.1 Å². The first-order chi connectivity index (χ1) is 11.6. The van der Waals surface area contributed by atoms with Gasteiger partial charge in [0.15, 0.2) is 0 Å². The Hall–Kier alpha value is -2.41. The van der Waals surface area contributed by atoms with Gasteiger partial charge >= 0.3 is 6.03 Å². The lowest BCUT2D eigenvalue weighted by atomic mass is 9.97. The molecule has 0 aromatic carbocycles. The number of hydrogen-bond donors (Lipinski definition) is 1. The van der Waals surface area contributed by atoms with Crippen molar-refractivity contribution >= 4 is 23.3 Å². The fraction of sp³-hybridized carbons (Fsp3) is 0.353. The molecule has 0 saturated heterocycles. The van der Waals surface area contributed by atoms with Crippen LogP contribution >= 0.6 is 11.3 Å². The molecule has 3 rings (SSSR count). The second-order valence-corrected chi connectivity index (χ2v) is 6.97. The van der Waals surface area contributed by atoms with E-state index in [1.54, 1.807) is 47.6 Å². The number of amides is 3. The van der Waals surface area contributed by atoms with Crippen LogP contribution in [0.3, 0.4) is 0 Å². The number of pyridine rings is 1. The van der Waals surface area contributed by atoms with Crippen LogP contribution in [0.2, 0.25) is 0 Å². The Bertz CT molecular complexity index is 743. The second kappa shape index (κ2) is 7.00. The van der Waals surface area contributed by atoms with Gasteiger partial charge in [-0.05, 0) is 29.0 Å². The van der Waals surface area contributed by atoms with Crippen LogP contribution in [0.25, 0.3) is 0 Å². The molecule has 1 N–H and O–H groups in total. The molecule has 3 heterocycles. The fourth-order valence-corrected chi connectivity index (χ4v) is 3.46. The summed E-state index contributed by atoms with van der Waals surface area (Å²) in [4.78, 5) is 33.3. The van der Waals surface area contributed by atoms with Gasteiger partial charge in [0.2, 0.25) is 0 Å². The molecule has 6 nitrogen and oxygen atoms in total. The van der Waals surface area contributed by atoms with Crippen molar-refractivity contribution in [1.29, 1.82) is 0 Å². The van der Waals surface area contributed by atoms with Gasteiger partial charge in [-0.1, -0.05) is 6.07 Å². The van der Waals surface area contributed by atoms with E-state index in [4.69, 9.17) is 0 Å². The van der Waals surface area contributed by atoms with Crippen LogP contribution in [-0.2, 0) is 19.5 Å². The van der Waals surface area contributed by atoms with Gasteiger partial charge < -0.3 is 15.1 Å². The van der Waals surface area contributed by atoms with E-state index < -0.39 is 0 Å². The number of nitrogens with zero attached hydrogens (tertiary/aromatic N) is 3. The van der Waals surface area contributed by atoms with Gasteiger partial charge in [-0.3, -0.25) is 9.78 Å². The molecule has 0 bridgehead atoms. The maximum Gasteiger partial charge on any atom is 0.319 e. The number of aromatic nitrogens is 1. The van der Waals surface area contributed by atoms with E-state index >= 15 is 0 Å². The number of fused-ring (bicyclic) bond motifs is 1. The van der Waals surface area contributed by atoms with Crippen molar-refractivity contribution in [2.75, 3.05) is 20.6 Å². The number of urea groups is 1. The third kappa shape index (κ3) is 3.41. The van der Waals surface area contributed by atoms with E-state index in [0.717, 1.165) is 16.0 Å². The zero-order valence-electron chi connectivity index (χ0n) is 13.8. The second-order valence-electron chi connectivity index (χ2n) is 5.94. The zero-order valence-corrected chi connectivity index (χ0v) is 14.6. The van der Waals surface area contributed by atoms with Crippen molar-refractivity contribution in [3.8, 4) is 0 Å². The average molecular weight is 344 g/mol. The third-order valence-corrected chi connectivity index (χ3v) is 4.92. The molecule has 7 heteroatoms. The molecule has 2 aromatic rings. The molecule has 0 atom stereocenters. The molecule has 24 heavy (non-hydrogen) atoms. The minimum Gasteiger partial charge on any atom is -0.347 e. The van der Waals surface area contributed by atoms with Crippen molar-refractivity contribution in [2.24, 2.45) is 0 Å². The lowest BCUT2D eigenvalue weighted by Gasteiger charge is -2.31. The molecular formula is C17H20N4O2S. The highest BCUT2D eigenvalue weighted by Gasteiger charge is 2.25. The molecule has 1 aliphatic rings. The predicted octanol–water partition coefficient (Wildman–Crippen LogP) is 2.11. The summed E-state index contributed by atoms with van der Waals surface area (Å²) in [7, 11) is 3.48. The van der Waals surface area contributed by atoms with E-state index in [0.29, 0.717) is 31.6 Å². The van der Waals surface area contributed by atoms with Crippen molar-refractivity contribution < 1.29 is 9.59 Å². The highest BCUT2D eigenvalue weighted by atomic mass is 32.1. The average Bonchev–Trinajstić information content (AvgIpc) is 3.11. The highest BCUT2D eigenvalue weighted by molar-refractivity contribution is 7.09. The van der Waals surface area contributed by atoms with Crippen molar-refractivity contribution in [3.63, 3.8) is 0 Å². The zero-order chi connectivity index (χ0) is 17.1. The van der Waals surface area contributed by atoms with Gasteiger partial charge in [0.25, 0.3) is 5.91 Å². The van der Waals surface area contributed by atoms with E-state index in [1.165, 1.54) is 0 Å². The summed E-state index contributed by atoms with van der Waals surface area (Å²) in [6.07, 6.45) is 4.03. The first kappa shape index (κ1) is 16.4. The number of carbonyl (C=O) groups excluding carboxylic acids is 2. The fourth-order valence-electron chi connectivity index (χ4n) is 2.81. The standard InChI is InChI=1S/C17H20N4O2S/c1-20(2)17(23)21-6-5-14-12(11-21)8-18-10-15(14)16(22)19-9-13-4-3-7-24-13/h3-4,7-8,10H,5-6,9,11H2,1-2H3,(H,19,22). The predicted molar refractivity (Wildman–Crippen MR) is 92.9 cm³/mol. The molecule has 1 aliphatic heterocycles. The SMILES string of the molecule is CN(C)C(=O)N1CCc2c(cncc2C(=O)NCc2cccs2)C1. The molecule has 2 aromatic heterocycles. The quantitative estimate of drug-likeness (QED) is 0.927. The molecule has 0 fully saturated rings. The molecule has 0 radical (unpaired) electrons. The first-order valence-electron chi connectivity index (χ1n) is 7.79. The van der Waals surface area contributed by atoms with Gasteiger partial charge in [-0.15, -0.1) is 11.3 Å². The van der Waals surface area contributed by atoms with Crippen molar-refractivity contribution in [2.45, 2.75) is 19.5 Å². The van der Waals surface area contributed by atoms with Crippen LogP contribution in [0.4, 0.5) is 4.79 Å². The summed E-state index contributed by atoms with van der Waals surface area (Å²) in [5, 5.41) is 4.94. The summed E-state index contributed by atoms with van der Waals surface area (Å²) in [5.74, 6) is -0.111. The summed E-state index contributed by atoms with van der Waals surface area (Å²) in [6.45, 7) is 1.62. The lowest BCUT2D eigenvalue weighted by molar-refractivity contribution is 0.0949. The van der Waals surface area contributed by atoms with Crippen LogP contribution in [0.1, 0.15) is 26.4 Å². The lowest BCUT2D eigenvalue weighted by Crippen LogP contribution is -2.42. The molecule has 126 valence electrons. The Morgan fingerprint density at radius 1 is 1.38 bits per heavy atom. The van der Waals surface area contributed by atoms with E-state index in [1.807, 2.05) is 17.5 Å². The topological polar surface area (TPSA) is 65.5 Å². The third-order valence-electron chi connectivity index (χ3n) is 4.04. The van der Waals surface area contributed by atoms with Crippen LogP contribution < -0.4 is 5.32 Å². The van der Waals surface area contributed by atoms with Gasteiger partial charge in [-0.2, -0.15) is 0 Å². The Morgan fingerprint density at radius 2 is 2.21 bits per heavy atom. The molecule has 0 saturated carbocycles. The number of thiophene rings is 1. The van der Waals surface area contributed by atoms with Gasteiger partial charge in [0.05, 0.1) is 12.1 Å². The largest absolute Gasteiger partial charge is 0.347 e. The number of nitrogens with one attached hydrogen (secondary N) is 1. The normalized spacial score (nSPS) is 13.3. The molecular weight excluding hydrogens is 324 g/mol. The summed E-state index contributed by atoms with van der Waals surface area (Å²) in [6, 6.07) is 3.94. The maximum atomic E-state index is 12.5. The number of hydrogen-bond acceptors (Lipinski definition) is 4. The molecule has 0 spiro atoms. The van der Waals surface area contributed by atoms with E-state index in [2.05, 4.69) is 10.3 Å². The van der Waals surface area contributed by atoms with Crippen molar-refractivity contribution in [3.05, 3.63) is 51.5 Å². The Labute approximate surface area is 145 Å². The van der Waals surface area contributed by atoms with Crippen LogP contribution in [-0.4, -0.2) is 47.4 Å². The van der Waals surface area contributed by atoms with E-state index in [-0.39, 0.29) is 11.9 Å². The number of carbonyl (C=O) groups is 2. The van der Waals surface area contributed by atoms with Gasteiger partial charge in [0.1, 0.15) is 0 Å². The minimum atomic E-state index is -0.111. The molecule has 0 aliphatic carbocycles. The summed E-state index contributed by atoms with van der Waals surface area (Å²) < 4.78 is 0. The van der Waals surface area contributed by atoms with Gasteiger partial charge in [0, 0.05) is 44.5 Å². The molecule has 0 unspecified atom stereocenters. The Morgan fingerprint density at radius 3 is 2.92 bits per heavy atom. The van der Waals surface area contributed by atoms with Crippen LogP contribution in [0.5, 0.6) is 0 Å². The van der Waals surface area contributed by atoms with E-state index in [9.17, 15) is 9.59 Å². The van der Waals surface area contributed by atoms with Crippen LogP contribution in [0, 0.1) is 0 Å². The van der Waals surface area contributed by atoms with Crippen LogP contribution in [0.15, 0.2) is 29.9 Å². The first-order valence-corrected chi connectivity index (χ1v) is 8.67. The van der Waals surface area contributed by atoms with Gasteiger partial charge in [-0.25, -0.2) is 4.79 Å². The number of rotatable bonds is 3. The smallest absolute Gasteiger partial charge is 0.319 e. The molecule has 3 amide bonds. The minimum absolute atomic E-state index is 0.0202. The maximum absolute atomic E-state index is 12.5.